The van der Waals surface area contributed by atoms with Gasteiger partial charge in [0.2, 0.25) is 10.0 Å². The molecule has 24 heavy (non-hydrogen) atoms. The molecule has 132 valence electrons. The quantitative estimate of drug-likeness (QED) is 0.868. The molecular weight excluding hydrogens is 322 g/mol. The molecule has 0 atom stereocenters. The number of para-hydroxylation sites is 1. The molecule has 0 saturated carbocycles. The van der Waals surface area contributed by atoms with Crippen molar-refractivity contribution in [3.8, 4) is 5.69 Å². The van der Waals surface area contributed by atoms with E-state index in [4.69, 9.17) is 0 Å². The maximum Gasteiger partial charge on any atom is 0.244 e. The predicted molar refractivity (Wildman–Crippen MR) is 96.9 cm³/mol. The van der Waals surface area contributed by atoms with E-state index >= 15 is 0 Å². The lowest BCUT2D eigenvalue weighted by Gasteiger charge is -2.17. The molecule has 0 radical (unpaired) electrons. The van der Waals surface area contributed by atoms with Crippen molar-refractivity contribution in [1.82, 2.24) is 14.5 Å². The molecule has 1 N–H and O–H groups in total. The van der Waals surface area contributed by atoms with Gasteiger partial charge in [-0.2, -0.15) is 5.10 Å². The summed E-state index contributed by atoms with van der Waals surface area (Å²) in [4.78, 5) is 0.252. The molecule has 6 heteroatoms. The van der Waals surface area contributed by atoms with Crippen molar-refractivity contribution in [3.05, 3.63) is 42.2 Å². The molecule has 0 unspecified atom stereocenters. The van der Waals surface area contributed by atoms with E-state index < -0.39 is 10.0 Å². The molecule has 1 aromatic carbocycles. The van der Waals surface area contributed by atoms with Gasteiger partial charge < -0.3 is 0 Å². The van der Waals surface area contributed by atoms with Gasteiger partial charge in [-0.05, 0) is 24.5 Å². The molecule has 0 saturated heterocycles. The van der Waals surface area contributed by atoms with Gasteiger partial charge in [0.25, 0.3) is 0 Å². The Bertz CT molecular complexity index is 772. The van der Waals surface area contributed by atoms with E-state index in [9.17, 15) is 8.42 Å². The molecule has 0 aliphatic rings. The van der Waals surface area contributed by atoms with Gasteiger partial charge in [0.05, 0.1) is 17.6 Å². The minimum atomic E-state index is -3.59. The second-order valence-corrected chi connectivity index (χ2v) is 9.19. The van der Waals surface area contributed by atoms with E-state index in [1.807, 2.05) is 51.1 Å². The van der Waals surface area contributed by atoms with Gasteiger partial charge in [0, 0.05) is 12.0 Å². The highest BCUT2D eigenvalue weighted by molar-refractivity contribution is 7.89. The Morgan fingerprint density at radius 3 is 2.33 bits per heavy atom. The largest absolute Gasteiger partial charge is 0.244 e. The van der Waals surface area contributed by atoms with E-state index in [1.165, 1.54) is 0 Å². The van der Waals surface area contributed by atoms with E-state index in [2.05, 4.69) is 23.7 Å². The monoisotopic (exact) mass is 349 g/mol. The number of nitrogens with one attached hydrogen (secondary N) is 1. The summed E-state index contributed by atoms with van der Waals surface area (Å²) in [5.74, 6) is 0.446. The van der Waals surface area contributed by atoms with Gasteiger partial charge in [0.15, 0.2) is 0 Å². The molecule has 2 aromatic rings. The van der Waals surface area contributed by atoms with Crippen LogP contribution in [0.2, 0.25) is 0 Å². The minimum absolute atomic E-state index is 0.252. The van der Waals surface area contributed by atoms with Gasteiger partial charge >= 0.3 is 0 Å². The summed E-state index contributed by atoms with van der Waals surface area (Å²) >= 11 is 0. The second-order valence-electron chi connectivity index (χ2n) is 7.45. The molecule has 1 heterocycles. The Hall–Kier alpha value is -1.66. The summed E-state index contributed by atoms with van der Waals surface area (Å²) in [7, 11) is -3.59. The summed E-state index contributed by atoms with van der Waals surface area (Å²) in [6.07, 6.45) is 2.41. The zero-order valence-electron chi connectivity index (χ0n) is 15.1. The van der Waals surface area contributed by atoms with Gasteiger partial charge in [-0.25, -0.2) is 17.8 Å². The third kappa shape index (κ3) is 4.45. The molecule has 0 fully saturated rings. The van der Waals surface area contributed by atoms with Crippen LogP contribution in [0.5, 0.6) is 0 Å². The lowest BCUT2D eigenvalue weighted by atomic mass is 9.92. The topological polar surface area (TPSA) is 64.0 Å². The van der Waals surface area contributed by atoms with Crippen LogP contribution in [-0.2, 0) is 15.4 Å². The molecule has 2 rings (SSSR count). The fourth-order valence-electron chi connectivity index (χ4n) is 2.35. The Morgan fingerprint density at radius 1 is 1.17 bits per heavy atom. The van der Waals surface area contributed by atoms with Crippen LogP contribution < -0.4 is 4.72 Å². The predicted octanol–water partition coefficient (Wildman–Crippen LogP) is 3.49. The third-order valence-corrected chi connectivity index (χ3v) is 5.18. The van der Waals surface area contributed by atoms with Crippen molar-refractivity contribution in [1.29, 1.82) is 0 Å². The molecule has 1 aromatic heterocycles. The summed E-state index contributed by atoms with van der Waals surface area (Å²) in [6, 6.07) is 9.54. The van der Waals surface area contributed by atoms with Crippen LogP contribution in [0.15, 0.2) is 41.4 Å². The van der Waals surface area contributed by atoms with Gasteiger partial charge in [-0.1, -0.05) is 52.8 Å². The zero-order valence-corrected chi connectivity index (χ0v) is 15.9. The summed E-state index contributed by atoms with van der Waals surface area (Å²) in [5.41, 5.74) is 1.04. The van der Waals surface area contributed by atoms with Crippen LogP contribution in [0, 0.1) is 5.92 Å². The number of sulfonamides is 1. The minimum Gasteiger partial charge on any atom is -0.239 e. The first kappa shape index (κ1) is 18.7. The average Bonchev–Trinajstić information content (AvgIpc) is 2.94. The molecule has 0 aliphatic heterocycles. The number of nitrogens with zero attached hydrogens (tertiary/aromatic N) is 2. The zero-order chi connectivity index (χ0) is 18.0. The fourth-order valence-corrected chi connectivity index (χ4v) is 3.73. The van der Waals surface area contributed by atoms with Crippen molar-refractivity contribution in [3.63, 3.8) is 0 Å². The number of hydrogen-bond donors (Lipinski definition) is 1. The summed E-state index contributed by atoms with van der Waals surface area (Å²) < 4.78 is 29.9. The van der Waals surface area contributed by atoms with Gasteiger partial charge in [0.1, 0.15) is 4.90 Å². The first-order chi connectivity index (χ1) is 11.1. The fraction of sp³-hybridized carbons (Fsp3) is 0.500. The van der Waals surface area contributed by atoms with Crippen molar-refractivity contribution in [2.45, 2.75) is 51.3 Å². The lowest BCUT2D eigenvalue weighted by Crippen LogP contribution is -2.28. The van der Waals surface area contributed by atoms with Crippen LogP contribution in [0.25, 0.3) is 5.69 Å². The standard InChI is InChI=1S/C18H27N3O2S/c1-14(2)11-12-19-24(22,23)16-13-21(15-9-7-6-8-10-15)20-17(16)18(3,4)5/h6-10,13-14,19H,11-12H2,1-5H3. The number of benzene rings is 1. The molecule has 0 amide bonds. The van der Waals surface area contributed by atoms with Gasteiger partial charge in [-0.15, -0.1) is 0 Å². The van der Waals surface area contributed by atoms with Crippen molar-refractivity contribution >= 4 is 10.0 Å². The summed E-state index contributed by atoms with van der Waals surface area (Å²) in [6.45, 7) is 10.5. The van der Waals surface area contributed by atoms with Crippen molar-refractivity contribution in [2.75, 3.05) is 6.54 Å². The van der Waals surface area contributed by atoms with Crippen molar-refractivity contribution < 1.29 is 8.42 Å². The van der Waals surface area contributed by atoms with Crippen LogP contribution in [0.1, 0.15) is 46.7 Å². The first-order valence-electron chi connectivity index (χ1n) is 8.26. The van der Waals surface area contributed by atoms with Crippen LogP contribution in [0.3, 0.4) is 0 Å². The second kappa shape index (κ2) is 7.07. The lowest BCUT2D eigenvalue weighted by molar-refractivity contribution is 0.532. The van der Waals surface area contributed by atoms with E-state index in [0.29, 0.717) is 18.2 Å². The van der Waals surface area contributed by atoms with E-state index in [0.717, 1.165) is 12.1 Å². The van der Waals surface area contributed by atoms with Crippen LogP contribution in [-0.4, -0.2) is 24.7 Å². The summed E-state index contributed by atoms with van der Waals surface area (Å²) in [5, 5.41) is 4.56. The Labute approximate surface area is 145 Å². The van der Waals surface area contributed by atoms with Crippen LogP contribution in [0.4, 0.5) is 0 Å². The highest BCUT2D eigenvalue weighted by Gasteiger charge is 2.30. The van der Waals surface area contributed by atoms with E-state index in [1.54, 1.807) is 10.9 Å². The first-order valence-corrected chi connectivity index (χ1v) is 9.75. The molecule has 5 nitrogen and oxygen atoms in total. The smallest absolute Gasteiger partial charge is 0.239 e. The number of aromatic nitrogens is 2. The molecule has 0 spiro atoms. The Kier molecular flexibility index (Phi) is 5.50. The third-order valence-electron chi connectivity index (χ3n) is 3.72. The maximum absolute atomic E-state index is 12.8. The Balaban J connectivity index is 2.43. The number of rotatable bonds is 6. The molecule has 0 bridgehead atoms. The molecular formula is C18H27N3O2S. The van der Waals surface area contributed by atoms with Gasteiger partial charge in [-0.3, -0.25) is 0 Å². The maximum atomic E-state index is 12.8. The SMILES string of the molecule is CC(C)CCNS(=O)(=O)c1cn(-c2ccccc2)nc1C(C)(C)C. The van der Waals surface area contributed by atoms with Crippen LogP contribution >= 0.6 is 0 Å². The van der Waals surface area contributed by atoms with Crippen molar-refractivity contribution in [2.24, 2.45) is 5.92 Å². The highest BCUT2D eigenvalue weighted by Crippen LogP contribution is 2.28. The average molecular weight is 350 g/mol. The number of hydrogen-bond acceptors (Lipinski definition) is 3. The normalized spacial score (nSPS) is 12.8. The highest BCUT2D eigenvalue weighted by atomic mass is 32.2. The Morgan fingerprint density at radius 2 is 1.79 bits per heavy atom. The van der Waals surface area contributed by atoms with E-state index in [-0.39, 0.29) is 10.3 Å². The molecule has 0 aliphatic carbocycles.